The highest BCUT2D eigenvalue weighted by atomic mass is 16.5. The zero-order chi connectivity index (χ0) is 15.4. The van der Waals surface area contributed by atoms with Crippen molar-refractivity contribution < 1.29 is 14.6 Å². The van der Waals surface area contributed by atoms with Crippen LogP contribution in [0.15, 0.2) is 12.1 Å². The number of aliphatic carboxylic acids is 1. The second kappa shape index (κ2) is 6.94. The van der Waals surface area contributed by atoms with Gasteiger partial charge in [-0.2, -0.15) is 0 Å². The number of benzene rings is 1. The fourth-order valence-electron chi connectivity index (χ4n) is 2.75. The summed E-state index contributed by atoms with van der Waals surface area (Å²) in [4.78, 5) is 10.7. The van der Waals surface area contributed by atoms with E-state index in [0.717, 1.165) is 29.0 Å². The van der Waals surface area contributed by atoms with Gasteiger partial charge in [0.1, 0.15) is 5.75 Å². The van der Waals surface area contributed by atoms with Crippen LogP contribution in [0.1, 0.15) is 54.8 Å². The first-order valence-electron chi connectivity index (χ1n) is 7.68. The van der Waals surface area contributed by atoms with Gasteiger partial charge in [0.2, 0.25) is 0 Å². The third kappa shape index (κ3) is 4.21. The Balaban J connectivity index is 2.13. The highest BCUT2D eigenvalue weighted by molar-refractivity contribution is 5.66. The minimum Gasteiger partial charge on any atom is -0.493 e. The Kier molecular flexibility index (Phi) is 5.23. The molecule has 21 heavy (non-hydrogen) atoms. The monoisotopic (exact) mass is 291 g/mol. The molecule has 4 heteroatoms. The average Bonchev–Trinajstić information content (AvgIpc) is 2.35. The van der Waals surface area contributed by atoms with Crippen molar-refractivity contribution in [3.05, 3.63) is 28.8 Å². The van der Waals surface area contributed by atoms with Crippen LogP contribution in [0.2, 0.25) is 0 Å². The molecular weight excluding hydrogens is 266 g/mol. The van der Waals surface area contributed by atoms with Crippen LogP contribution in [0.25, 0.3) is 0 Å². The fraction of sp³-hybridized carbons (Fsp3) is 0.588. The normalized spacial score (nSPS) is 16.3. The predicted octanol–water partition coefficient (Wildman–Crippen LogP) is 3.35. The number of ether oxygens (including phenoxy) is 1. The van der Waals surface area contributed by atoms with Crippen LogP contribution in [0.4, 0.5) is 0 Å². The summed E-state index contributed by atoms with van der Waals surface area (Å²) in [7, 11) is 0. The van der Waals surface area contributed by atoms with Gasteiger partial charge in [-0.25, -0.2) is 0 Å². The van der Waals surface area contributed by atoms with Crippen molar-refractivity contribution >= 4 is 5.97 Å². The SMILES string of the molecule is Cc1cc(C)c(OCC2CCC2)c(C(N)CCC(=O)O)c1. The number of carboxylic acid groups (broad SMARTS) is 1. The molecule has 1 aliphatic carbocycles. The lowest BCUT2D eigenvalue weighted by atomic mass is 9.86. The molecule has 0 aromatic heterocycles. The molecule has 1 atom stereocenters. The van der Waals surface area contributed by atoms with Crippen molar-refractivity contribution in [1.29, 1.82) is 0 Å². The third-order valence-corrected chi connectivity index (χ3v) is 4.20. The van der Waals surface area contributed by atoms with E-state index in [1.54, 1.807) is 0 Å². The summed E-state index contributed by atoms with van der Waals surface area (Å²) in [6.07, 6.45) is 4.29. The Hall–Kier alpha value is -1.55. The molecule has 0 bridgehead atoms. The Bertz CT molecular complexity index is 509. The van der Waals surface area contributed by atoms with E-state index in [2.05, 4.69) is 6.07 Å². The summed E-state index contributed by atoms with van der Waals surface area (Å²) >= 11 is 0. The van der Waals surface area contributed by atoms with Gasteiger partial charge in [-0.3, -0.25) is 4.79 Å². The quantitative estimate of drug-likeness (QED) is 0.808. The number of carboxylic acids is 1. The Morgan fingerprint density at radius 2 is 2.14 bits per heavy atom. The van der Waals surface area contributed by atoms with E-state index in [-0.39, 0.29) is 12.5 Å². The summed E-state index contributed by atoms with van der Waals surface area (Å²) in [5, 5.41) is 8.82. The van der Waals surface area contributed by atoms with Gasteiger partial charge in [0, 0.05) is 18.0 Å². The number of hydrogen-bond donors (Lipinski definition) is 2. The summed E-state index contributed by atoms with van der Waals surface area (Å²) < 4.78 is 6.03. The molecule has 0 saturated heterocycles. The molecule has 1 aromatic carbocycles. The molecule has 3 N–H and O–H groups in total. The van der Waals surface area contributed by atoms with Gasteiger partial charge in [0.15, 0.2) is 0 Å². The van der Waals surface area contributed by atoms with E-state index in [0.29, 0.717) is 12.3 Å². The second-order valence-corrected chi connectivity index (χ2v) is 6.15. The molecule has 0 aliphatic heterocycles. The maximum atomic E-state index is 10.7. The molecule has 1 aliphatic rings. The van der Waals surface area contributed by atoms with Crippen molar-refractivity contribution in [2.24, 2.45) is 11.7 Å². The van der Waals surface area contributed by atoms with Gasteiger partial charge in [0.05, 0.1) is 6.61 Å². The number of nitrogens with two attached hydrogens (primary N) is 1. The van der Waals surface area contributed by atoms with Crippen LogP contribution in [-0.2, 0) is 4.79 Å². The molecule has 0 heterocycles. The summed E-state index contributed by atoms with van der Waals surface area (Å²) in [5.74, 6) is 0.700. The van der Waals surface area contributed by atoms with Crippen LogP contribution < -0.4 is 10.5 Å². The molecular formula is C17H25NO3. The van der Waals surface area contributed by atoms with Crippen LogP contribution in [0.3, 0.4) is 0 Å². The molecule has 1 unspecified atom stereocenters. The van der Waals surface area contributed by atoms with Gasteiger partial charge >= 0.3 is 5.97 Å². The fourth-order valence-corrected chi connectivity index (χ4v) is 2.75. The topological polar surface area (TPSA) is 72.5 Å². The lowest BCUT2D eigenvalue weighted by Gasteiger charge is -2.27. The zero-order valence-electron chi connectivity index (χ0n) is 12.9. The number of hydrogen-bond acceptors (Lipinski definition) is 3. The first-order chi connectivity index (χ1) is 9.97. The van der Waals surface area contributed by atoms with Crippen molar-refractivity contribution in [2.75, 3.05) is 6.61 Å². The maximum Gasteiger partial charge on any atom is 0.303 e. The van der Waals surface area contributed by atoms with Gasteiger partial charge in [-0.05, 0) is 44.6 Å². The van der Waals surface area contributed by atoms with Crippen LogP contribution in [0.5, 0.6) is 5.75 Å². The van der Waals surface area contributed by atoms with Crippen molar-refractivity contribution in [3.8, 4) is 5.75 Å². The highest BCUT2D eigenvalue weighted by Gasteiger charge is 2.21. The lowest BCUT2D eigenvalue weighted by molar-refractivity contribution is -0.137. The van der Waals surface area contributed by atoms with Gasteiger partial charge < -0.3 is 15.6 Å². The highest BCUT2D eigenvalue weighted by Crippen LogP contribution is 2.33. The largest absolute Gasteiger partial charge is 0.493 e. The molecule has 116 valence electrons. The predicted molar refractivity (Wildman–Crippen MR) is 82.6 cm³/mol. The summed E-state index contributed by atoms with van der Waals surface area (Å²) in [5.41, 5.74) is 9.34. The molecule has 1 aromatic rings. The van der Waals surface area contributed by atoms with Crippen LogP contribution >= 0.6 is 0 Å². The van der Waals surface area contributed by atoms with E-state index in [4.69, 9.17) is 15.6 Å². The Morgan fingerprint density at radius 3 is 2.71 bits per heavy atom. The van der Waals surface area contributed by atoms with E-state index in [1.807, 2.05) is 19.9 Å². The molecule has 4 nitrogen and oxygen atoms in total. The second-order valence-electron chi connectivity index (χ2n) is 6.15. The van der Waals surface area contributed by atoms with E-state index in [9.17, 15) is 4.79 Å². The van der Waals surface area contributed by atoms with E-state index < -0.39 is 5.97 Å². The van der Waals surface area contributed by atoms with Gasteiger partial charge in [-0.15, -0.1) is 0 Å². The van der Waals surface area contributed by atoms with E-state index in [1.165, 1.54) is 19.3 Å². The molecule has 0 spiro atoms. The summed E-state index contributed by atoms with van der Waals surface area (Å²) in [6.45, 7) is 4.79. The van der Waals surface area contributed by atoms with Crippen LogP contribution in [-0.4, -0.2) is 17.7 Å². The molecule has 2 rings (SSSR count). The minimum absolute atomic E-state index is 0.0796. The minimum atomic E-state index is -0.813. The standard InChI is InChI=1S/C17H25NO3/c1-11-8-12(2)17(21-10-13-4-3-5-13)14(9-11)15(18)6-7-16(19)20/h8-9,13,15H,3-7,10,18H2,1-2H3,(H,19,20). The zero-order valence-corrected chi connectivity index (χ0v) is 12.9. The first kappa shape index (κ1) is 15.8. The van der Waals surface area contributed by atoms with E-state index >= 15 is 0 Å². The first-order valence-corrected chi connectivity index (χ1v) is 7.68. The van der Waals surface area contributed by atoms with Gasteiger partial charge in [0.25, 0.3) is 0 Å². The number of rotatable bonds is 7. The summed E-state index contributed by atoms with van der Waals surface area (Å²) in [6, 6.07) is 3.81. The number of aryl methyl sites for hydroxylation is 2. The average molecular weight is 291 g/mol. The molecule has 0 amide bonds. The maximum absolute atomic E-state index is 10.7. The number of carbonyl (C=O) groups is 1. The molecule has 0 radical (unpaired) electrons. The Labute approximate surface area is 126 Å². The smallest absolute Gasteiger partial charge is 0.303 e. The molecule has 1 fully saturated rings. The Morgan fingerprint density at radius 1 is 1.43 bits per heavy atom. The molecule has 1 saturated carbocycles. The third-order valence-electron chi connectivity index (χ3n) is 4.20. The van der Waals surface area contributed by atoms with Crippen molar-refractivity contribution in [2.45, 2.75) is 52.0 Å². The van der Waals surface area contributed by atoms with Crippen molar-refractivity contribution in [3.63, 3.8) is 0 Å². The van der Waals surface area contributed by atoms with Gasteiger partial charge in [-0.1, -0.05) is 24.1 Å². The van der Waals surface area contributed by atoms with Crippen molar-refractivity contribution in [1.82, 2.24) is 0 Å². The lowest BCUT2D eigenvalue weighted by Crippen LogP contribution is -2.21. The van der Waals surface area contributed by atoms with Crippen LogP contribution in [0, 0.1) is 19.8 Å².